The Bertz CT molecular complexity index is 1470. The van der Waals surface area contributed by atoms with E-state index in [2.05, 4.69) is 30.6 Å². The van der Waals surface area contributed by atoms with Crippen molar-refractivity contribution in [3.63, 3.8) is 0 Å². The zero-order valence-electron chi connectivity index (χ0n) is 21.0. The summed E-state index contributed by atoms with van der Waals surface area (Å²) in [5.41, 5.74) is 10.5. The highest BCUT2D eigenvalue weighted by Crippen LogP contribution is 2.27. The first-order valence-corrected chi connectivity index (χ1v) is 12.1. The number of amides is 1. The third-order valence-electron chi connectivity index (χ3n) is 6.40. The maximum atomic E-state index is 13.7. The van der Waals surface area contributed by atoms with E-state index < -0.39 is 11.7 Å². The fourth-order valence-electron chi connectivity index (χ4n) is 4.21. The first kappa shape index (κ1) is 24.5. The summed E-state index contributed by atoms with van der Waals surface area (Å²) in [6.45, 7) is 6.60. The van der Waals surface area contributed by atoms with E-state index in [-0.39, 0.29) is 12.5 Å². The maximum absolute atomic E-state index is 13.7. The Morgan fingerprint density at radius 3 is 2.76 bits per heavy atom. The summed E-state index contributed by atoms with van der Waals surface area (Å²) in [5.74, 6) is 0.670. The van der Waals surface area contributed by atoms with E-state index >= 15 is 0 Å². The predicted octanol–water partition coefficient (Wildman–Crippen LogP) is 4.47. The van der Waals surface area contributed by atoms with E-state index in [1.165, 1.54) is 6.33 Å². The SMILES string of the molecule is Cc1ccc(C(=O)Nc2cccc(C(C)(C)N)c2)cc1Nc1ncnc2cnc(N3CC[C@@H](F)C3)nc12. The van der Waals surface area contributed by atoms with Gasteiger partial charge < -0.3 is 21.3 Å². The Morgan fingerprint density at radius 1 is 1.16 bits per heavy atom. The van der Waals surface area contributed by atoms with Crippen LogP contribution in [0.5, 0.6) is 0 Å². The molecular formula is C27H29FN8O. The van der Waals surface area contributed by atoms with E-state index in [0.717, 1.165) is 11.1 Å². The van der Waals surface area contributed by atoms with Gasteiger partial charge in [0.25, 0.3) is 5.91 Å². The van der Waals surface area contributed by atoms with E-state index in [0.29, 0.717) is 52.7 Å². The highest BCUT2D eigenvalue weighted by Gasteiger charge is 2.24. The molecule has 4 aromatic rings. The number of aromatic nitrogens is 4. The fourth-order valence-corrected chi connectivity index (χ4v) is 4.21. The number of aryl methyl sites for hydroxylation is 1. The largest absolute Gasteiger partial charge is 0.338 e. The number of hydrogen-bond acceptors (Lipinski definition) is 8. The number of hydrogen-bond donors (Lipinski definition) is 3. The van der Waals surface area contributed by atoms with Crippen LogP contribution < -0.4 is 21.3 Å². The number of nitrogens with one attached hydrogen (secondary N) is 2. The van der Waals surface area contributed by atoms with Crippen molar-refractivity contribution in [3.8, 4) is 0 Å². The summed E-state index contributed by atoms with van der Waals surface area (Å²) < 4.78 is 13.7. The molecule has 2 aromatic carbocycles. The number of nitrogens with two attached hydrogens (primary N) is 1. The molecule has 4 N–H and O–H groups in total. The van der Waals surface area contributed by atoms with Gasteiger partial charge in [-0.15, -0.1) is 0 Å². The van der Waals surface area contributed by atoms with Crippen LogP contribution in [0.4, 0.5) is 27.5 Å². The van der Waals surface area contributed by atoms with Crippen LogP contribution in [-0.4, -0.2) is 45.1 Å². The molecule has 2 aromatic heterocycles. The van der Waals surface area contributed by atoms with Gasteiger partial charge in [0.05, 0.1) is 12.7 Å². The molecule has 0 aliphatic carbocycles. The number of alkyl halides is 1. The molecule has 0 unspecified atom stereocenters. The lowest BCUT2D eigenvalue weighted by molar-refractivity contribution is 0.102. The molecule has 190 valence electrons. The minimum absolute atomic E-state index is 0.248. The van der Waals surface area contributed by atoms with Crippen molar-refractivity contribution in [2.75, 3.05) is 28.6 Å². The first-order valence-electron chi connectivity index (χ1n) is 12.1. The van der Waals surface area contributed by atoms with Gasteiger partial charge >= 0.3 is 0 Å². The Morgan fingerprint density at radius 2 is 2.00 bits per heavy atom. The molecule has 9 nitrogen and oxygen atoms in total. The molecular weight excluding hydrogens is 471 g/mol. The van der Waals surface area contributed by atoms with Gasteiger partial charge in [-0.3, -0.25) is 4.79 Å². The number of benzene rings is 2. The topological polar surface area (TPSA) is 122 Å². The van der Waals surface area contributed by atoms with Gasteiger partial charge in [0.1, 0.15) is 23.5 Å². The zero-order chi connectivity index (χ0) is 26.2. The number of rotatable bonds is 6. The van der Waals surface area contributed by atoms with Crippen molar-refractivity contribution in [1.29, 1.82) is 0 Å². The van der Waals surface area contributed by atoms with Crippen LogP contribution in [0.1, 0.15) is 41.8 Å². The van der Waals surface area contributed by atoms with Crippen LogP contribution in [0.15, 0.2) is 55.0 Å². The smallest absolute Gasteiger partial charge is 0.255 e. The molecule has 1 atom stereocenters. The highest BCUT2D eigenvalue weighted by molar-refractivity contribution is 6.05. The molecule has 0 saturated carbocycles. The average Bonchev–Trinajstić information content (AvgIpc) is 3.31. The lowest BCUT2D eigenvalue weighted by Gasteiger charge is -2.20. The van der Waals surface area contributed by atoms with Gasteiger partial charge in [-0.25, -0.2) is 24.3 Å². The minimum atomic E-state index is -0.885. The van der Waals surface area contributed by atoms with Gasteiger partial charge in [-0.2, -0.15) is 0 Å². The third kappa shape index (κ3) is 5.34. The van der Waals surface area contributed by atoms with Gasteiger partial charge in [-0.05, 0) is 62.6 Å². The van der Waals surface area contributed by atoms with E-state index in [1.54, 1.807) is 18.3 Å². The highest BCUT2D eigenvalue weighted by atomic mass is 19.1. The van der Waals surface area contributed by atoms with Crippen molar-refractivity contribution in [1.82, 2.24) is 19.9 Å². The first-order chi connectivity index (χ1) is 17.7. The van der Waals surface area contributed by atoms with Crippen LogP contribution >= 0.6 is 0 Å². The Balaban J connectivity index is 1.41. The van der Waals surface area contributed by atoms with Gasteiger partial charge in [0, 0.05) is 29.0 Å². The molecule has 10 heteroatoms. The maximum Gasteiger partial charge on any atom is 0.255 e. The van der Waals surface area contributed by atoms with Crippen LogP contribution in [-0.2, 0) is 5.54 Å². The Hall–Kier alpha value is -4.18. The van der Waals surface area contributed by atoms with Crippen LogP contribution in [0.3, 0.4) is 0 Å². The number of carbonyl (C=O) groups excluding carboxylic acids is 1. The van der Waals surface area contributed by atoms with Crippen LogP contribution in [0.25, 0.3) is 11.0 Å². The molecule has 5 rings (SSSR count). The van der Waals surface area contributed by atoms with Crippen molar-refractivity contribution < 1.29 is 9.18 Å². The zero-order valence-corrected chi connectivity index (χ0v) is 21.0. The lowest BCUT2D eigenvalue weighted by atomic mass is 9.95. The van der Waals surface area contributed by atoms with Crippen molar-refractivity contribution >= 4 is 40.1 Å². The monoisotopic (exact) mass is 500 g/mol. The van der Waals surface area contributed by atoms with Gasteiger partial charge in [0.2, 0.25) is 5.95 Å². The summed E-state index contributed by atoms with van der Waals surface area (Å²) in [4.78, 5) is 32.5. The standard InChI is InChI=1S/C27H29FN8O/c1-16-7-8-17(25(37)33-20-6-4-5-18(12-20)27(2,3)29)11-21(16)34-24-23-22(31-15-32-24)13-30-26(35-23)36-10-9-19(28)14-36/h4-8,11-13,15,19H,9-10,14,29H2,1-3H3,(H,33,37)(H,31,32,34)/t19-/m1/s1. The number of halogens is 1. The summed E-state index contributed by atoms with van der Waals surface area (Å²) in [7, 11) is 0. The average molecular weight is 501 g/mol. The Labute approximate surface area is 214 Å². The molecule has 1 saturated heterocycles. The molecule has 0 bridgehead atoms. The van der Waals surface area contributed by atoms with Crippen LogP contribution in [0.2, 0.25) is 0 Å². The number of nitrogens with zero attached hydrogens (tertiary/aromatic N) is 5. The quantitative estimate of drug-likeness (QED) is 0.355. The summed E-state index contributed by atoms with van der Waals surface area (Å²) in [5, 5.41) is 6.25. The molecule has 0 spiro atoms. The summed E-state index contributed by atoms with van der Waals surface area (Å²) >= 11 is 0. The molecule has 3 heterocycles. The third-order valence-corrected chi connectivity index (χ3v) is 6.40. The number of anilines is 4. The number of carbonyl (C=O) groups is 1. The molecule has 1 amide bonds. The fraction of sp³-hybridized carbons (Fsp3) is 0.296. The van der Waals surface area contributed by atoms with Crippen molar-refractivity contribution in [2.24, 2.45) is 5.73 Å². The molecule has 37 heavy (non-hydrogen) atoms. The second kappa shape index (κ2) is 9.70. The molecule has 1 aliphatic heterocycles. The predicted molar refractivity (Wildman–Crippen MR) is 143 cm³/mol. The molecule has 1 fully saturated rings. The summed E-state index contributed by atoms with van der Waals surface area (Å²) in [6.07, 6.45) is 2.62. The van der Waals surface area contributed by atoms with Crippen molar-refractivity contribution in [3.05, 3.63) is 71.7 Å². The molecule has 1 aliphatic rings. The van der Waals surface area contributed by atoms with E-state index in [1.807, 2.05) is 56.0 Å². The second-order valence-corrected chi connectivity index (χ2v) is 9.87. The van der Waals surface area contributed by atoms with Gasteiger partial charge in [-0.1, -0.05) is 18.2 Å². The van der Waals surface area contributed by atoms with Crippen LogP contribution in [0, 0.1) is 6.92 Å². The number of fused-ring (bicyclic) bond motifs is 1. The normalized spacial score (nSPS) is 15.7. The minimum Gasteiger partial charge on any atom is -0.338 e. The van der Waals surface area contributed by atoms with E-state index in [9.17, 15) is 9.18 Å². The van der Waals surface area contributed by atoms with Gasteiger partial charge in [0.15, 0.2) is 5.82 Å². The lowest BCUT2D eigenvalue weighted by Crippen LogP contribution is -2.28. The van der Waals surface area contributed by atoms with E-state index in [4.69, 9.17) is 5.73 Å². The second-order valence-electron chi connectivity index (χ2n) is 9.87. The molecule has 0 radical (unpaired) electrons. The van der Waals surface area contributed by atoms with Crippen molar-refractivity contribution in [2.45, 2.75) is 38.9 Å². The summed E-state index contributed by atoms with van der Waals surface area (Å²) in [6, 6.07) is 12.9. The Kier molecular flexibility index (Phi) is 6.43.